The lowest BCUT2D eigenvalue weighted by Crippen LogP contribution is -2.16. The third-order valence-electron chi connectivity index (χ3n) is 2.44. The number of carbonyl (C=O) groups excluding carboxylic acids is 1. The zero-order chi connectivity index (χ0) is 15.6. The first kappa shape index (κ1) is 15.3. The Labute approximate surface area is 131 Å². The minimum atomic E-state index is -0.869. The van der Waals surface area contributed by atoms with Gasteiger partial charge in [0, 0.05) is 10.5 Å². The van der Waals surface area contributed by atoms with E-state index in [2.05, 4.69) is 26.2 Å². The van der Waals surface area contributed by atoms with Crippen molar-refractivity contribution in [1.29, 1.82) is 0 Å². The fourth-order valence-electron chi connectivity index (χ4n) is 1.51. The highest BCUT2D eigenvalue weighted by molar-refractivity contribution is 9.10. The molecule has 1 N–H and O–H groups in total. The Bertz CT molecular complexity index is 742. The van der Waals surface area contributed by atoms with Gasteiger partial charge in [0.2, 0.25) is 5.82 Å². The Morgan fingerprint density at radius 3 is 2.76 bits per heavy atom. The van der Waals surface area contributed by atoms with Gasteiger partial charge in [-0.15, -0.1) is 0 Å². The number of nitrogens with zero attached hydrogens (tertiary/aromatic N) is 2. The summed E-state index contributed by atoms with van der Waals surface area (Å²) < 4.78 is 14.1. The highest BCUT2D eigenvalue weighted by atomic mass is 79.9. The van der Waals surface area contributed by atoms with E-state index in [1.165, 1.54) is 18.2 Å². The molecule has 0 saturated heterocycles. The lowest BCUT2D eigenvalue weighted by Gasteiger charge is -2.06. The highest BCUT2D eigenvalue weighted by Crippen LogP contribution is 2.25. The number of nitro groups is 1. The lowest BCUT2D eigenvalue weighted by molar-refractivity contribution is -0.384. The molecule has 0 bridgehead atoms. The number of halogens is 3. The Kier molecular flexibility index (Phi) is 4.49. The maximum Gasteiger partial charge on any atom is 0.311 e. The van der Waals surface area contributed by atoms with Crippen molar-refractivity contribution in [3.63, 3.8) is 0 Å². The number of rotatable bonds is 3. The van der Waals surface area contributed by atoms with Crippen LogP contribution in [0.15, 0.2) is 34.8 Å². The van der Waals surface area contributed by atoms with Crippen molar-refractivity contribution >= 4 is 44.9 Å². The standard InChI is InChI=1S/C12H6BrClFN3O3/c13-6-1-2-8(15)7(5-6)12(19)17-11-9(18(20)21)3-4-10(14)16-11/h1-5H,(H,16,17,19). The maximum atomic E-state index is 13.6. The van der Waals surface area contributed by atoms with Crippen molar-refractivity contribution in [3.05, 3.63) is 61.5 Å². The number of pyridine rings is 1. The number of hydrogen-bond donors (Lipinski definition) is 1. The summed E-state index contributed by atoms with van der Waals surface area (Å²) in [6.45, 7) is 0. The lowest BCUT2D eigenvalue weighted by atomic mass is 10.2. The first-order valence-corrected chi connectivity index (χ1v) is 6.63. The summed E-state index contributed by atoms with van der Waals surface area (Å²) in [5.74, 6) is -1.98. The Morgan fingerprint density at radius 1 is 1.38 bits per heavy atom. The van der Waals surface area contributed by atoms with Crippen LogP contribution in [0.2, 0.25) is 5.15 Å². The number of nitrogens with one attached hydrogen (secondary N) is 1. The van der Waals surface area contributed by atoms with Crippen LogP contribution in [0.5, 0.6) is 0 Å². The van der Waals surface area contributed by atoms with Crippen LogP contribution in [0.1, 0.15) is 10.4 Å². The van der Waals surface area contributed by atoms with Crippen LogP contribution in [0, 0.1) is 15.9 Å². The van der Waals surface area contributed by atoms with E-state index in [0.717, 1.165) is 12.1 Å². The average molecular weight is 375 g/mol. The molecule has 0 aliphatic carbocycles. The average Bonchev–Trinajstić information content (AvgIpc) is 2.41. The second-order valence-electron chi connectivity index (χ2n) is 3.84. The molecule has 0 fully saturated rings. The molecular formula is C12H6BrClFN3O3. The Morgan fingerprint density at radius 2 is 2.10 bits per heavy atom. The van der Waals surface area contributed by atoms with Crippen LogP contribution < -0.4 is 5.32 Å². The molecule has 0 saturated carbocycles. The van der Waals surface area contributed by atoms with Crippen LogP contribution in [0.4, 0.5) is 15.9 Å². The van der Waals surface area contributed by atoms with Gasteiger partial charge in [-0.3, -0.25) is 14.9 Å². The molecule has 0 atom stereocenters. The van der Waals surface area contributed by atoms with Gasteiger partial charge in [-0.2, -0.15) is 0 Å². The summed E-state index contributed by atoms with van der Waals surface area (Å²) in [4.78, 5) is 25.8. The van der Waals surface area contributed by atoms with Crippen LogP contribution in [0.3, 0.4) is 0 Å². The molecule has 0 spiro atoms. The van der Waals surface area contributed by atoms with Gasteiger partial charge in [0.25, 0.3) is 5.91 Å². The number of benzene rings is 1. The van der Waals surface area contributed by atoms with Gasteiger partial charge in [0.05, 0.1) is 10.5 Å². The van der Waals surface area contributed by atoms with Crippen molar-refractivity contribution < 1.29 is 14.1 Å². The molecule has 0 radical (unpaired) electrons. The van der Waals surface area contributed by atoms with Gasteiger partial charge >= 0.3 is 5.69 Å². The third-order valence-corrected chi connectivity index (χ3v) is 3.15. The minimum absolute atomic E-state index is 0.0365. The monoisotopic (exact) mass is 373 g/mol. The van der Waals surface area contributed by atoms with Crippen LogP contribution in [-0.2, 0) is 0 Å². The molecule has 1 aromatic carbocycles. The Hall–Kier alpha value is -2.06. The smallest absolute Gasteiger partial charge is 0.301 e. The number of hydrogen-bond acceptors (Lipinski definition) is 4. The van der Waals surface area contributed by atoms with Crippen LogP contribution >= 0.6 is 27.5 Å². The summed E-state index contributed by atoms with van der Waals surface area (Å²) in [6, 6.07) is 6.09. The number of anilines is 1. The van der Waals surface area contributed by atoms with E-state index in [0.29, 0.717) is 4.47 Å². The van der Waals surface area contributed by atoms with Gasteiger partial charge < -0.3 is 5.32 Å². The van der Waals surface area contributed by atoms with Gasteiger partial charge in [-0.1, -0.05) is 27.5 Å². The maximum absolute atomic E-state index is 13.6. The van der Waals surface area contributed by atoms with E-state index in [4.69, 9.17) is 11.6 Å². The van der Waals surface area contributed by atoms with E-state index in [1.54, 1.807) is 0 Å². The van der Waals surface area contributed by atoms with E-state index >= 15 is 0 Å². The molecule has 0 unspecified atom stereocenters. The summed E-state index contributed by atoms with van der Waals surface area (Å²) in [5.41, 5.74) is -0.719. The second kappa shape index (κ2) is 6.15. The molecular weight excluding hydrogens is 369 g/mol. The number of amides is 1. The molecule has 9 heteroatoms. The fraction of sp³-hybridized carbons (Fsp3) is 0. The summed E-state index contributed by atoms with van der Waals surface area (Å²) in [6.07, 6.45) is 0. The first-order valence-electron chi connectivity index (χ1n) is 5.46. The molecule has 6 nitrogen and oxygen atoms in total. The second-order valence-corrected chi connectivity index (χ2v) is 5.14. The van der Waals surface area contributed by atoms with Crippen LogP contribution in [-0.4, -0.2) is 15.8 Å². The van der Waals surface area contributed by atoms with Gasteiger partial charge in [0.15, 0.2) is 0 Å². The van der Waals surface area contributed by atoms with Crippen molar-refractivity contribution in [1.82, 2.24) is 4.98 Å². The molecule has 1 amide bonds. The molecule has 1 aromatic heterocycles. The van der Waals surface area contributed by atoms with Crippen molar-refractivity contribution in [2.45, 2.75) is 0 Å². The normalized spacial score (nSPS) is 10.2. The number of carbonyl (C=O) groups is 1. The summed E-state index contributed by atoms with van der Waals surface area (Å²) in [7, 11) is 0. The van der Waals surface area contributed by atoms with Crippen molar-refractivity contribution in [2.24, 2.45) is 0 Å². The number of aromatic nitrogens is 1. The first-order chi connectivity index (χ1) is 9.88. The van der Waals surface area contributed by atoms with E-state index in [9.17, 15) is 19.3 Å². The zero-order valence-electron chi connectivity index (χ0n) is 10.1. The minimum Gasteiger partial charge on any atom is -0.301 e. The van der Waals surface area contributed by atoms with Gasteiger partial charge in [-0.25, -0.2) is 9.37 Å². The molecule has 21 heavy (non-hydrogen) atoms. The predicted molar refractivity (Wildman–Crippen MR) is 78.0 cm³/mol. The third kappa shape index (κ3) is 3.53. The molecule has 108 valence electrons. The molecule has 1 heterocycles. The van der Waals surface area contributed by atoms with E-state index < -0.39 is 22.3 Å². The SMILES string of the molecule is O=C(Nc1nc(Cl)ccc1[N+](=O)[O-])c1cc(Br)ccc1F. The van der Waals surface area contributed by atoms with Crippen molar-refractivity contribution in [3.8, 4) is 0 Å². The van der Waals surface area contributed by atoms with Crippen LogP contribution in [0.25, 0.3) is 0 Å². The predicted octanol–water partition coefficient (Wildman–Crippen LogP) is 3.80. The molecule has 2 aromatic rings. The highest BCUT2D eigenvalue weighted by Gasteiger charge is 2.20. The van der Waals surface area contributed by atoms with E-state index in [-0.39, 0.29) is 16.5 Å². The molecule has 0 aliphatic rings. The Balaban J connectivity index is 2.38. The molecule has 2 rings (SSSR count). The quantitative estimate of drug-likeness (QED) is 0.503. The fourth-order valence-corrected chi connectivity index (χ4v) is 2.02. The largest absolute Gasteiger partial charge is 0.311 e. The summed E-state index contributed by atoms with van der Waals surface area (Å²) in [5, 5.41) is 13.0. The van der Waals surface area contributed by atoms with Crippen molar-refractivity contribution in [2.75, 3.05) is 5.32 Å². The molecule has 0 aliphatic heterocycles. The van der Waals surface area contributed by atoms with Gasteiger partial charge in [0.1, 0.15) is 11.0 Å². The van der Waals surface area contributed by atoms with E-state index in [1.807, 2.05) is 0 Å². The summed E-state index contributed by atoms with van der Waals surface area (Å²) >= 11 is 8.75. The van der Waals surface area contributed by atoms with Gasteiger partial charge in [-0.05, 0) is 24.3 Å². The topological polar surface area (TPSA) is 85.1 Å². The zero-order valence-corrected chi connectivity index (χ0v) is 12.5.